The van der Waals surface area contributed by atoms with Crippen LogP contribution in [0.4, 0.5) is 0 Å². The zero-order valence-corrected chi connectivity index (χ0v) is 9.81. The van der Waals surface area contributed by atoms with Crippen molar-refractivity contribution < 1.29 is 0 Å². The van der Waals surface area contributed by atoms with Gasteiger partial charge < -0.3 is 4.90 Å². The van der Waals surface area contributed by atoms with Crippen LogP contribution >= 0.6 is 11.6 Å². The van der Waals surface area contributed by atoms with Gasteiger partial charge in [-0.15, -0.1) is 11.6 Å². The van der Waals surface area contributed by atoms with E-state index in [1.54, 1.807) is 0 Å². The Morgan fingerprint density at radius 2 is 1.93 bits per heavy atom. The first-order valence-electron chi connectivity index (χ1n) is 6.22. The third-order valence-corrected chi connectivity index (χ3v) is 4.22. The van der Waals surface area contributed by atoms with Crippen molar-refractivity contribution in [3.05, 3.63) is 0 Å². The van der Waals surface area contributed by atoms with Gasteiger partial charge in [-0.2, -0.15) is 0 Å². The lowest BCUT2D eigenvalue weighted by molar-refractivity contribution is 0.181. The lowest BCUT2D eigenvalue weighted by Gasteiger charge is -2.31. The van der Waals surface area contributed by atoms with Crippen molar-refractivity contribution in [2.75, 3.05) is 19.0 Å². The monoisotopic (exact) mass is 215 g/mol. The van der Waals surface area contributed by atoms with E-state index in [0.717, 1.165) is 17.8 Å². The largest absolute Gasteiger partial charge is 0.300 e. The Kier molecular flexibility index (Phi) is 4.12. The fraction of sp³-hybridized carbons (Fsp3) is 1.00. The van der Waals surface area contributed by atoms with Crippen LogP contribution in [0, 0.1) is 5.92 Å². The molecule has 2 fully saturated rings. The molecule has 1 heterocycles. The molecule has 0 N–H and O–H groups in total. The lowest BCUT2D eigenvalue weighted by atomic mass is 9.85. The number of fused-ring (bicyclic) bond motifs is 1. The molecule has 2 aliphatic rings. The van der Waals surface area contributed by atoms with E-state index in [1.807, 2.05) is 0 Å². The molecular formula is C12H22ClN. The molecule has 0 radical (unpaired) electrons. The lowest BCUT2D eigenvalue weighted by Crippen LogP contribution is -2.35. The molecule has 0 spiro atoms. The predicted octanol–water partition coefficient (Wildman–Crippen LogP) is 3.27. The molecule has 2 rings (SSSR count). The van der Waals surface area contributed by atoms with E-state index in [-0.39, 0.29) is 0 Å². The highest BCUT2D eigenvalue weighted by Gasteiger charge is 2.34. The highest BCUT2D eigenvalue weighted by Crippen LogP contribution is 2.36. The maximum atomic E-state index is 5.71. The predicted molar refractivity (Wildman–Crippen MR) is 61.9 cm³/mol. The number of alkyl halides is 1. The molecule has 14 heavy (non-hydrogen) atoms. The molecule has 82 valence electrons. The van der Waals surface area contributed by atoms with Crippen LogP contribution in [0.25, 0.3) is 0 Å². The minimum atomic E-state index is 0.835. The molecular weight excluding hydrogens is 194 g/mol. The van der Waals surface area contributed by atoms with Crippen LogP contribution < -0.4 is 0 Å². The van der Waals surface area contributed by atoms with E-state index in [1.165, 1.54) is 58.0 Å². The van der Waals surface area contributed by atoms with Gasteiger partial charge in [0.2, 0.25) is 0 Å². The number of rotatable bonds is 4. The number of hydrogen-bond donors (Lipinski definition) is 0. The van der Waals surface area contributed by atoms with E-state index in [9.17, 15) is 0 Å². The van der Waals surface area contributed by atoms with Crippen molar-refractivity contribution >= 4 is 11.6 Å². The molecule has 0 aromatic heterocycles. The van der Waals surface area contributed by atoms with Crippen LogP contribution in [0.1, 0.15) is 44.9 Å². The summed E-state index contributed by atoms with van der Waals surface area (Å²) in [7, 11) is 0. The summed E-state index contributed by atoms with van der Waals surface area (Å²) < 4.78 is 0. The average Bonchev–Trinajstić information content (AvgIpc) is 2.63. The summed E-state index contributed by atoms with van der Waals surface area (Å²) in [4.78, 5) is 2.73. The second-order valence-corrected chi connectivity index (χ2v) is 5.21. The molecule has 1 saturated heterocycles. The first kappa shape index (κ1) is 10.8. The van der Waals surface area contributed by atoms with Crippen molar-refractivity contribution in [2.45, 2.75) is 51.0 Å². The van der Waals surface area contributed by atoms with Gasteiger partial charge in [-0.1, -0.05) is 12.8 Å². The summed E-state index contributed by atoms with van der Waals surface area (Å²) >= 11 is 5.71. The second-order valence-electron chi connectivity index (χ2n) is 4.83. The third-order valence-electron chi connectivity index (χ3n) is 3.95. The molecule has 0 aromatic rings. The van der Waals surface area contributed by atoms with Gasteiger partial charge in [0.05, 0.1) is 0 Å². The summed E-state index contributed by atoms with van der Waals surface area (Å²) in [6.07, 6.45) is 9.86. The normalized spacial score (nSPS) is 33.2. The summed E-state index contributed by atoms with van der Waals surface area (Å²) in [5, 5.41) is 0. The van der Waals surface area contributed by atoms with E-state index in [0.29, 0.717) is 0 Å². The molecule has 1 nitrogen and oxygen atoms in total. The van der Waals surface area contributed by atoms with Gasteiger partial charge in [0, 0.05) is 11.9 Å². The molecule has 0 bridgehead atoms. The summed E-state index contributed by atoms with van der Waals surface area (Å²) in [6.45, 7) is 2.66. The fourth-order valence-corrected chi connectivity index (χ4v) is 3.38. The second kappa shape index (κ2) is 5.37. The van der Waals surface area contributed by atoms with Gasteiger partial charge in [-0.05, 0) is 51.1 Å². The van der Waals surface area contributed by atoms with E-state index >= 15 is 0 Å². The standard InChI is InChI=1S/C12H22ClN/c13-8-3-4-9-14-10-7-11-5-1-2-6-12(11)14/h11-12H,1-10H2. The maximum Gasteiger partial charge on any atom is 0.0223 e. The summed E-state index contributed by atoms with van der Waals surface area (Å²) in [6, 6.07) is 0.944. The number of likely N-dealkylation sites (tertiary alicyclic amines) is 1. The Balaban J connectivity index is 1.76. The molecule has 2 unspecified atom stereocenters. The van der Waals surface area contributed by atoms with Gasteiger partial charge in [0.1, 0.15) is 0 Å². The van der Waals surface area contributed by atoms with Crippen LogP contribution in [-0.4, -0.2) is 29.9 Å². The number of unbranched alkanes of at least 4 members (excludes halogenated alkanes) is 1. The van der Waals surface area contributed by atoms with Gasteiger partial charge in [-0.25, -0.2) is 0 Å². The minimum Gasteiger partial charge on any atom is -0.300 e. The molecule has 0 aromatic carbocycles. The number of nitrogens with zero attached hydrogens (tertiary/aromatic N) is 1. The third kappa shape index (κ3) is 2.43. The van der Waals surface area contributed by atoms with Crippen LogP contribution in [0.3, 0.4) is 0 Å². The van der Waals surface area contributed by atoms with Gasteiger partial charge in [0.15, 0.2) is 0 Å². The van der Waals surface area contributed by atoms with Gasteiger partial charge in [0.25, 0.3) is 0 Å². The van der Waals surface area contributed by atoms with Crippen LogP contribution in [0.2, 0.25) is 0 Å². The fourth-order valence-electron chi connectivity index (χ4n) is 3.19. The molecule has 0 amide bonds. The number of hydrogen-bond acceptors (Lipinski definition) is 1. The molecule has 1 aliphatic heterocycles. The molecule has 2 heteroatoms. The van der Waals surface area contributed by atoms with E-state index < -0.39 is 0 Å². The average molecular weight is 216 g/mol. The first-order chi connectivity index (χ1) is 6.92. The highest BCUT2D eigenvalue weighted by molar-refractivity contribution is 6.17. The van der Waals surface area contributed by atoms with E-state index in [4.69, 9.17) is 11.6 Å². The molecule has 1 aliphatic carbocycles. The van der Waals surface area contributed by atoms with Crippen LogP contribution in [-0.2, 0) is 0 Å². The highest BCUT2D eigenvalue weighted by atomic mass is 35.5. The maximum absolute atomic E-state index is 5.71. The summed E-state index contributed by atoms with van der Waals surface area (Å²) in [5.41, 5.74) is 0. The van der Waals surface area contributed by atoms with Crippen LogP contribution in [0.5, 0.6) is 0 Å². The SMILES string of the molecule is ClCCCCN1CCC2CCCCC21. The Morgan fingerprint density at radius 1 is 1.07 bits per heavy atom. The zero-order chi connectivity index (χ0) is 9.80. The van der Waals surface area contributed by atoms with Crippen LogP contribution in [0.15, 0.2) is 0 Å². The van der Waals surface area contributed by atoms with Crippen molar-refractivity contribution in [2.24, 2.45) is 5.92 Å². The quantitative estimate of drug-likeness (QED) is 0.514. The molecule has 1 saturated carbocycles. The molecule has 2 atom stereocenters. The summed E-state index contributed by atoms with van der Waals surface area (Å²) in [5.74, 6) is 1.88. The Hall–Kier alpha value is 0.250. The zero-order valence-electron chi connectivity index (χ0n) is 9.05. The Labute approximate surface area is 92.8 Å². The smallest absolute Gasteiger partial charge is 0.0223 e. The van der Waals surface area contributed by atoms with Crippen molar-refractivity contribution in [1.82, 2.24) is 4.90 Å². The van der Waals surface area contributed by atoms with Gasteiger partial charge >= 0.3 is 0 Å². The Bertz CT molecular complexity index is 172. The van der Waals surface area contributed by atoms with E-state index in [2.05, 4.69) is 4.90 Å². The van der Waals surface area contributed by atoms with Crippen molar-refractivity contribution in [3.8, 4) is 0 Å². The van der Waals surface area contributed by atoms with Crippen molar-refractivity contribution in [1.29, 1.82) is 0 Å². The van der Waals surface area contributed by atoms with Crippen molar-refractivity contribution in [3.63, 3.8) is 0 Å². The first-order valence-corrected chi connectivity index (χ1v) is 6.75. The minimum absolute atomic E-state index is 0.835. The topological polar surface area (TPSA) is 3.24 Å². The number of halogens is 1. The van der Waals surface area contributed by atoms with Gasteiger partial charge in [-0.3, -0.25) is 0 Å². The Morgan fingerprint density at radius 3 is 2.79 bits per heavy atom.